The first-order valence-corrected chi connectivity index (χ1v) is 31.3. The second-order valence-corrected chi connectivity index (χ2v) is 20.9. The molecule has 0 amide bonds. The lowest BCUT2D eigenvalue weighted by Crippen LogP contribution is -2.30. The summed E-state index contributed by atoms with van der Waals surface area (Å²) in [5.41, 5.74) is 0. The molecule has 0 aliphatic heterocycles. The fourth-order valence-electron chi connectivity index (χ4n) is 9.04. The zero-order valence-corrected chi connectivity index (χ0v) is 47.9. The second kappa shape index (κ2) is 60.7. The molecule has 72 heavy (non-hydrogen) atoms. The van der Waals surface area contributed by atoms with Crippen LogP contribution in [0.5, 0.6) is 0 Å². The van der Waals surface area contributed by atoms with Crippen molar-refractivity contribution in [2.75, 3.05) is 13.2 Å². The lowest BCUT2D eigenvalue weighted by molar-refractivity contribution is -0.167. The predicted octanol–water partition coefficient (Wildman–Crippen LogP) is 21.2. The summed E-state index contributed by atoms with van der Waals surface area (Å²) in [6.07, 6.45) is 76.7. The van der Waals surface area contributed by atoms with Gasteiger partial charge in [-0.2, -0.15) is 0 Å². The van der Waals surface area contributed by atoms with Gasteiger partial charge in [0.05, 0.1) is 0 Å². The number of esters is 3. The molecule has 0 heterocycles. The molecule has 0 fully saturated rings. The van der Waals surface area contributed by atoms with Crippen LogP contribution in [-0.2, 0) is 28.6 Å². The first kappa shape index (κ1) is 69.1. The average Bonchev–Trinajstić information content (AvgIpc) is 3.38. The van der Waals surface area contributed by atoms with E-state index in [9.17, 15) is 14.4 Å². The van der Waals surface area contributed by atoms with Gasteiger partial charge in [0.1, 0.15) is 13.2 Å². The van der Waals surface area contributed by atoms with Gasteiger partial charge >= 0.3 is 17.9 Å². The van der Waals surface area contributed by atoms with Crippen LogP contribution in [0.3, 0.4) is 0 Å². The smallest absolute Gasteiger partial charge is 0.306 e. The Morgan fingerprint density at radius 2 is 0.569 bits per heavy atom. The van der Waals surface area contributed by atoms with Crippen LogP contribution < -0.4 is 0 Å². The number of unbranched alkanes of at least 4 members (excludes halogenated alkanes) is 36. The zero-order valence-electron chi connectivity index (χ0n) is 47.9. The Labute approximate surface area is 447 Å². The van der Waals surface area contributed by atoms with Crippen molar-refractivity contribution in [1.29, 1.82) is 0 Å². The summed E-state index contributed by atoms with van der Waals surface area (Å²) in [5, 5.41) is 0. The Morgan fingerprint density at radius 3 is 0.917 bits per heavy atom. The van der Waals surface area contributed by atoms with Gasteiger partial charge in [-0.05, 0) is 96.3 Å². The van der Waals surface area contributed by atoms with Gasteiger partial charge in [0, 0.05) is 19.3 Å². The van der Waals surface area contributed by atoms with Crippen LogP contribution in [0.25, 0.3) is 0 Å². The topological polar surface area (TPSA) is 78.9 Å². The van der Waals surface area contributed by atoms with Crippen LogP contribution in [0.1, 0.15) is 323 Å². The van der Waals surface area contributed by atoms with E-state index in [-0.39, 0.29) is 31.1 Å². The minimum absolute atomic E-state index is 0.0790. The first-order chi connectivity index (χ1) is 35.5. The standard InChI is InChI=1S/C66H118O6/c1-4-7-10-13-16-19-22-24-26-28-29-30-31-32-33-34-35-36-37-39-40-42-44-47-50-53-56-59-65(68)71-62-63(61-70-64(67)58-55-52-49-46-21-18-15-12-9-6-3)72-66(69)60-57-54-51-48-45-43-41-38-27-25-23-20-17-14-11-8-5-2/h8,11-12,15,17,20,25,27-29,63H,4-7,9-10,13-14,16,18-19,21-24,26,30-62H2,1-3H3/b11-8-,15-12-,20-17-,27-25-,29-28-. The molecule has 0 aliphatic carbocycles. The maximum Gasteiger partial charge on any atom is 0.306 e. The fourth-order valence-corrected chi connectivity index (χ4v) is 9.04. The predicted molar refractivity (Wildman–Crippen MR) is 312 cm³/mol. The Hall–Kier alpha value is -2.89. The van der Waals surface area contributed by atoms with Crippen LogP contribution >= 0.6 is 0 Å². The molecule has 0 aromatic heterocycles. The average molecular weight is 1010 g/mol. The lowest BCUT2D eigenvalue weighted by atomic mass is 10.0. The summed E-state index contributed by atoms with van der Waals surface area (Å²) in [7, 11) is 0. The number of carbonyl (C=O) groups is 3. The van der Waals surface area contributed by atoms with Gasteiger partial charge in [0.15, 0.2) is 6.10 Å². The van der Waals surface area contributed by atoms with Crippen LogP contribution in [-0.4, -0.2) is 37.2 Å². The molecule has 0 aromatic rings. The number of hydrogen-bond acceptors (Lipinski definition) is 6. The molecule has 0 saturated carbocycles. The summed E-state index contributed by atoms with van der Waals surface area (Å²) < 4.78 is 16.9. The number of rotatable bonds is 57. The van der Waals surface area contributed by atoms with E-state index in [4.69, 9.17) is 14.2 Å². The Balaban J connectivity index is 4.17. The van der Waals surface area contributed by atoms with Gasteiger partial charge in [0.25, 0.3) is 0 Å². The molecule has 0 bridgehead atoms. The van der Waals surface area contributed by atoms with Crippen LogP contribution in [0.2, 0.25) is 0 Å². The molecule has 6 heteroatoms. The highest BCUT2D eigenvalue weighted by molar-refractivity contribution is 5.71. The van der Waals surface area contributed by atoms with E-state index < -0.39 is 6.10 Å². The molecule has 0 saturated heterocycles. The molecule has 6 nitrogen and oxygen atoms in total. The molecular formula is C66H118O6. The highest BCUT2D eigenvalue weighted by Gasteiger charge is 2.19. The van der Waals surface area contributed by atoms with Crippen molar-refractivity contribution in [2.45, 2.75) is 329 Å². The van der Waals surface area contributed by atoms with Gasteiger partial charge in [-0.1, -0.05) is 268 Å². The van der Waals surface area contributed by atoms with Gasteiger partial charge in [-0.25, -0.2) is 0 Å². The van der Waals surface area contributed by atoms with Crippen molar-refractivity contribution < 1.29 is 28.6 Å². The van der Waals surface area contributed by atoms with Crippen LogP contribution in [0.4, 0.5) is 0 Å². The van der Waals surface area contributed by atoms with Crippen molar-refractivity contribution in [3.8, 4) is 0 Å². The molecule has 0 aromatic carbocycles. The first-order valence-electron chi connectivity index (χ1n) is 31.3. The van der Waals surface area contributed by atoms with E-state index in [0.717, 1.165) is 96.3 Å². The zero-order chi connectivity index (χ0) is 52.2. The monoisotopic (exact) mass is 1010 g/mol. The summed E-state index contributed by atoms with van der Waals surface area (Å²) in [6, 6.07) is 0. The van der Waals surface area contributed by atoms with Gasteiger partial charge in [-0.3, -0.25) is 14.4 Å². The van der Waals surface area contributed by atoms with Crippen LogP contribution in [0, 0.1) is 0 Å². The maximum absolute atomic E-state index is 12.9. The van der Waals surface area contributed by atoms with Crippen molar-refractivity contribution in [2.24, 2.45) is 0 Å². The normalized spacial score (nSPS) is 12.4. The van der Waals surface area contributed by atoms with Crippen LogP contribution in [0.15, 0.2) is 60.8 Å². The summed E-state index contributed by atoms with van der Waals surface area (Å²) >= 11 is 0. The van der Waals surface area contributed by atoms with Gasteiger partial charge < -0.3 is 14.2 Å². The molecule has 0 spiro atoms. The number of hydrogen-bond donors (Lipinski definition) is 0. The molecule has 0 aliphatic rings. The fraction of sp³-hybridized carbons (Fsp3) is 0.803. The third kappa shape index (κ3) is 58.0. The minimum Gasteiger partial charge on any atom is -0.462 e. The molecule has 1 atom stereocenters. The number of ether oxygens (including phenoxy) is 3. The van der Waals surface area contributed by atoms with Crippen molar-refractivity contribution in [3.63, 3.8) is 0 Å². The van der Waals surface area contributed by atoms with E-state index in [1.54, 1.807) is 0 Å². The number of allylic oxidation sites excluding steroid dienone is 10. The summed E-state index contributed by atoms with van der Waals surface area (Å²) in [4.78, 5) is 38.1. The molecule has 0 rings (SSSR count). The van der Waals surface area contributed by atoms with E-state index in [2.05, 4.69) is 81.5 Å². The SMILES string of the molecule is CC/C=C\C/C=C\C/C=C\CCCCCCCCCC(=O)OC(COC(=O)CCCCCCC/C=C\CCC)COC(=O)CCCCCCCCCCCCCCCCC/C=C\CCCCCCCCCC. The molecule has 0 radical (unpaired) electrons. The third-order valence-corrected chi connectivity index (χ3v) is 13.7. The molecule has 418 valence electrons. The Kier molecular flexibility index (Phi) is 58.2. The highest BCUT2D eigenvalue weighted by Crippen LogP contribution is 2.17. The maximum atomic E-state index is 12.9. The lowest BCUT2D eigenvalue weighted by Gasteiger charge is -2.18. The molecule has 1 unspecified atom stereocenters. The van der Waals surface area contributed by atoms with Crippen molar-refractivity contribution in [3.05, 3.63) is 60.8 Å². The highest BCUT2D eigenvalue weighted by atomic mass is 16.6. The van der Waals surface area contributed by atoms with E-state index in [0.29, 0.717) is 19.3 Å². The minimum atomic E-state index is -0.782. The van der Waals surface area contributed by atoms with E-state index >= 15 is 0 Å². The third-order valence-electron chi connectivity index (χ3n) is 13.7. The van der Waals surface area contributed by atoms with Crippen molar-refractivity contribution in [1.82, 2.24) is 0 Å². The van der Waals surface area contributed by atoms with Gasteiger partial charge in [-0.15, -0.1) is 0 Å². The van der Waals surface area contributed by atoms with E-state index in [1.807, 2.05) is 0 Å². The quantitative estimate of drug-likeness (QED) is 0.0261. The molecule has 0 N–H and O–H groups in total. The van der Waals surface area contributed by atoms with Crippen molar-refractivity contribution >= 4 is 17.9 Å². The largest absolute Gasteiger partial charge is 0.462 e. The summed E-state index contributed by atoms with van der Waals surface area (Å²) in [5.74, 6) is -0.887. The summed E-state index contributed by atoms with van der Waals surface area (Å²) in [6.45, 7) is 6.49. The molecular weight excluding hydrogens is 889 g/mol. The Morgan fingerprint density at radius 1 is 0.292 bits per heavy atom. The number of carbonyl (C=O) groups excluding carboxylic acids is 3. The van der Waals surface area contributed by atoms with Gasteiger partial charge in [0.2, 0.25) is 0 Å². The Bertz CT molecular complexity index is 1290. The van der Waals surface area contributed by atoms with E-state index in [1.165, 1.54) is 186 Å². The second-order valence-electron chi connectivity index (χ2n) is 20.9.